The first-order valence-corrected chi connectivity index (χ1v) is 8.91. The Balaban J connectivity index is 1.54. The number of carbonyl (C=O) groups is 3. The third kappa shape index (κ3) is 3.91. The molecular formula is C18H24N4O5. The number of methoxy groups -OCH3 is 1. The van der Waals surface area contributed by atoms with Crippen LogP contribution in [0.25, 0.3) is 0 Å². The van der Waals surface area contributed by atoms with Crippen LogP contribution in [0.2, 0.25) is 0 Å². The summed E-state index contributed by atoms with van der Waals surface area (Å²) in [7, 11) is 1.62. The molecule has 1 atom stereocenters. The number of ether oxygens (including phenoxy) is 1. The zero-order valence-corrected chi connectivity index (χ0v) is 15.7. The predicted molar refractivity (Wildman–Crippen MR) is 97.3 cm³/mol. The highest BCUT2D eigenvalue weighted by Gasteiger charge is 2.43. The topological polar surface area (TPSA) is 91.4 Å². The Morgan fingerprint density at radius 1 is 1.11 bits per heavy atom. The standard InChI is InChI=1S/C18H24N4O5/c1-12(2)15-16(23)22(17(24)19-15)27-18(25)21-10-8-20(9-11-21)13-4-6-14(26-3)7-5-13/h4-7,12,15H,8-11H2,1-3H3,(H,19,24). The summed E-state index contributed by atoms with van der Waals surface area (Å²) in [5.74, 6) is 0.160. The van der Waals surface area contributed by atoms with E-state index >= 15 is 0 Å². The van der Waals surface area contributed by atoms with E-state index in [1.807, 2.05) is 38.1 Å². The number of piperazine rings is 1. The van der Waals surface area contributed by atoms with Crippen molar-refractivity contribution in [3.05, 3.63) is 24.3 Å². The van der Waals surface area contributed by atoms with Gasteiger partial charge in [-0.3, -0.25) is 4.79 Å². The summed E-state index contributed by atoms with van der Waals surface area (Å²) in [6, 6.07) is 6.33. The maximum Gasteiger partial charge on any atom is 0.434 e. The third-order valence-electron chi connectivity index (χ3n) is 4.74. The Bertz CT molecular complexity index is 713. The van der Waals surface area contributed by atoms with Gasteiger partial charge in [-0.05, 0) is 30.2 Å². The number of urea groups is 1. The molecule has 0 aromatic heterocycles. The van der Waals surface area contributed by atoms with Crippen LogP contribution in [0.4, 0.5) is 15.3 Å². The van der Waals surface area contributed by atoms with Crippen LogP contribution >= 0.6 is 0 Å². The molecule has 0 saturated carbocycles. The third-order valence-corrected chi connectivity index (χ3v) is 4.74. The van der Waals surface area contributed by atoms with Gasteiger partial charge in [0.05, 0.1) is 7.11 Å². The number of rotatable bonds is 4. The molecule has 1 aromatic carbocycles. The highest BCUT2D eigenvalue weighted by atomic mass is 16.7. The van der Waals surface area contributed by atoms with Gasteiger partial charge in [-0.2, -0.15) is 0 Å². The first kappa shape index (κ1) is 18.8. The number of benzene rings is 1. The minimum atomic E-state index is -0.705. The van der Waals surface area contributed by atoms with Gasteiger partial charge in [-0.25, -0.2) is 9.59 Å². The first-order chi connectivity index (χ1) is 12.9. The molecular weight excluding hydrogens is 352 g/mol. The smallest absolute Gasteiger partial charge is 0.434 e. The van der Waals surface area contributed by atoms with Gasteiger partial charge in [0.15, 0.2) is 0 Å². The van der Waals surface area contributed by atoms with Gasteiger partial charge < -0.3 is 24.7 Å². The van der Waals surface area contributed by atoms with Crippen LogP contribution in [0.3, 0.4) is 0 Å². The Labute approximate surface area is 157 Å². The number of hydroxylamine groups is 2. The summed E-state index contributed by atoms with van der Waals surface area (Å²) in [6.07, 6.45) is -0.697. The van der Waals surface area contributed by atoms with E-state index in [9.17, 15) is 14.4 Å². The second-order valence-corrected chi connectivity index (χ2v) is 6.83. The van der Waals surface area contributed by atoms with Gasteiger partial charge in [-0.1, -0.05) is 18.9 Å². The van der Waals surface area contributed by atoms with E-state index in [0.29, 0.717) is 31.2 Å². The van der Waals surface area contributed by atoms with Crippen molar-refractivity contribution in [3.63, 3.8) is 0 Å². The van der Waals surface area contributed by atoms with E-state index in [1.54, 1.807) is 7.11 Å². The molecule has 2 aliphatic rings. The minimum absolute atomic E-state index is 0.0850. The van der Waals surface area contributed by atoms with Crippen LogP contribution in [-0.4, -0.2) is 67.3 Å². The van der Waals surface area contributed by atoms with Crippen LogP contribution in [0.5, 0.6) is 5.75 Å². The minimum Gasteiger partial charge on any atom is -0.497 e. The second kappa shape index (κ2) is 7.73. The summed E-state index contributed by atoms with van der Waals surface area (Å²) in [5, 5.41) is 3.05. The van der Waals surface area contributed by atoms with E-state index < -0.39 is 24.1 Å². The number of imide groups is 1. The second-order valence-electron chi connectivity index (χ2n) is 6.83. The highest BCUT2D eigenvalue weighted by Crippen LogP contribution is 2.21. The molecule has 2 fully saturated rings. The maximum absolute atomic E-state index is 12.3. The number of carbonyl (C=O) groups excluding carboxylic acids is 3. The lowest BCUT2D eigenvalue weighted by Crippen LogP contribution is -2.50. The molecule has 2 heterocycles. The fourth-order valence-electron chi connectivity index (χ4n) is 3.09. The summed E-state index contributed by atoms with van der Waals surface area (Å²) in [6.45, 7) is 5.73. The lowest BCUT2D eigenvalue weighted by atomic mass is 10.1. The molecule has 2 aliphatic heterocycles. The summed E-state index contributed by atoms with van der Waals surface area (Å²) in [4.78, 5) is 45.1. The fraction of sp³-hybridized carbons (Fsp3) is 0.500. The molecule has 1 N–H and O–H groups in total. The van der Waals surface area contributed by atoms with E-state index in [2.05, 4.69) is 10.2 Å². The molecule has 9 nitrogen and oxygen atoms in total. The average molecular weight is 376 g/mol. The molecule has 27 heavy (non-hydrogen) atoms. The molecule has 1 unspecified atom stereocenters. The van der Waals surface area contributed by atoms with Crippen molar-refractivity contribution < 1.29 is 24.0 Å². The molecule has 4 amide bonds. The van der Waals surface area contributed by atoms with E-state index in [-0.39, 0.29) is 5.92 Å². The number of nitrogens with zero attached hydrogens (tertiary/aromatic N) is 3. The van der Waals surface area contributed by atoms with Crippen molar-refractivity contribution >= 4 is 23.7 Å². The van der Waals surface area contributed by atoms with Crippen LogP contribution < -0.4 is 15.0 Å². The van der Waals surface area contributed by atoms with Gasteiger partial charge in [0.25, 0.3) is 5.91 Å². The molecule has 0 aliphatic carbocycles. The van der Waals surface area contributed by atoms with Gasteiger partial charge in [0.2, 0.25) is 0 Å². The first-order valence-electron chi connectivity index (χ1n) is 8.91. The predicted octanol–water partition coefficient (Wildman–Crippen LogP) is 1.45. The summed E-state index contributed by atoms with van der Waals surface area (Å²) >= 11 is 0. The number of anilines is 1. The average Bonchev–Trinajstić information content (AvgIpc) is 2.96. The normalized spacial score (nSPS) is 20.1. The molecule has 0 bridgehead atoms. The summed E-state index contributed by atoms with van der Waals surface area (Å²) in [5.41, 5.74) is 1.04. The van der Waals surface area contributed by atoms with Gasteiger partial charge in [0.1, 0.15) is 11.8 Å². The van der Waals surface area contributed by atoms with Crippen LogP contribution in [0, 0.1) is 5.92 Å². The molecule has 146 valence electrons. The number of amides is 4. The molecule has 1 aromatic rings. The van der Waals surface area contributed by atoms with Crippen LogP contribution in [0.15, 0.2) is 24.3 Å². The molecule has 3 rings (SSSR count). The van der Waals surface area contributed by atoms with Crippen molar-refractivity contribution in [2.45, 2.75) is 19.9 Å². The SMILES string of the molecule is COc1ccc(N2CCN(C(=O)ON3C(=O)NC(C(C)C)C3=O)CC2)cc1. The highest BCUT2D eigenvalue weighted by molar-refractivity contribution is 6.03. The zero-order chi connectivity index (χ0) is 19.6. The Hall–Kier alpha value is -2.97. The van der Waals surface area contributed by atoms with Gasteiger partial charge >= 0.3 is 12.1 Å². The Morgan fingerprint density at radius 2 is 1.74 bits per heavy atom. The molecule has 9 heteroatoms. The summed E-state index contributed by atoms with van der Waals surface area (Å²) < 4.78 is 5.16. The van der Waals surface area contributed by atoms with Gasteiger partial charge in [-0.15, -0.1) is 0 Å². The zero-order valence-electron chi connectivity index (χ0n) is 15.7. The van der Waals surface area contributed by atoms with Gasteiger partial charge in [0, 0.05) is 31.9 Å². The molecule has 0 spiro atoms. The number of hydrogen-bond acceptors (Lipinski definition) is 6. The lowest BCUT2D eigenvalue weighted by Gasteiger charge is -2.35. The van der Waals surface area contributed by atoms with Crippen molar-refractivity contribution in [1.29, 1.82) is 0 Å². The monoisotopic (exact) mass is 376 g/mol. The Morgan fingerprint density at radius 3 is 2.26 bits per heavy atom. The lowest BCUT2D eigenvalue weighted by molar-refractivity contribution is -0.152. The molecule has 0 radical (unpaired) electrons. The van der Waals surface area contributed by atoms with Crippen molar-refractivity contribution in [2.75, 3.05) is 38.2 Å². The van der Waals surface area contributed by atoms with Crippen molar-refractivity contribution in [2.24, 2.45) is 5.92 Å². The van der Waals surface area contributed by atoms with Crippen molar-refractivity contribution in [1.82, 2.24) is 15.3 Å². The number of hydrogen-bond donors (Lipinski definition) is 1. The van der Waals surface area contributed by atoms with E-state index in [0.717, 1.165) is 11.4 Å². The van der Waals surface area contributed by atoms with Crippen LogP contribution in [0.1, 0.15) is 13.8 Å². The molecule has 2 saturated heterocycles. The quantitative estimate of drug-likeness (QED) is 0.800. The van der Waals surface area contributed by atoms with E-state index in [4.69, 9.17) is 9.57 Å². The number of nitrogens with one attached hydrogen (secondary N) is 1. The Kier molecular flexibility index (Phi) is 5.38. The van der Waals surface area contributed by atoms with E-state index in [1.165, 1.54) is 4.90 Å². The van der Waals surface area contributed by atoms with Crippen LogP contribution in [-0.2, 0) is 9.63 Å². The van der Waals surface area contributed by atoms with Crippen molar-refractivity contribution in [3.8, 4) is 5.75 Å². The maximum atomic E-state index is 12.3. The largest absolute Gasteiger partial charge is 0.497 e. The fourth-order valence-corrected chi connectivity index (χ4v) is 3.09.